The lowest BCUT2D eigenvalue weighted by atomic mass is 10.0. The van der Waals surface area contributed by atoms with E-state index in [2.05, 4.69) is 11.4 Å². The Hall–Kier alpha value is -2.75. The van der Waals surface area contributed by atoms with Gasteiger partial charge in [-0.25, -0.2) is 8.78 Å². The first-order chi connectivity index (χ1) is 12.5. The molecule has 1 aliphatic rings. The molecule has 0 bridgehead atoms. The van der Waals surface area contributed by atoms with Crippen LogP contribution in [0.2, 0.25) is 0 Å². The Morgan fingerprint density at radius 1 is 1.04 bits per heavy atom. The summed E-state index contributed by atoms with van der Waals surface area (Å²) < 4.78 is 27.2. The third-order valence-electron chi connectivity index (χ3n) is 5.12. The van der Waals surface area contributed by atoms with Gasteiger partial charge in [0.1, 0.15) is 11.6 Å². The largest absolute Gasteiger partial charge is 0.349 e. The van der Waals surface area contributed by atoms with E-state index in [-0.39, 0.29) is 23.8 Å². The average Bonchev–Trinajstić information content (AvgIpc) is 3.44. The summed E-state index contributed by atoms with van der Waals surface area (Å²) in [4.78, 5) is 12.5. The fourth-order valence-electron chi connectivity index (χ4n) is 3.51. The molecule has 1 N–H and O–H groups in total. The SMILES string of the molecule is CC(NC(=O)C1CC1c1cc(F)ccc1F)c1ccc2ccccc2c1. The van der Waals surface area contributed by atoms with Gasteiger partial charge in [-0.05, 0) is 65.4 Å². The molecule has 1 aliphatic carbocycles. The molecule has 1 amide bonds. The van der Waals surface area contributed by atoms with Crippen molar-refractivity contribution in [1.29, 1.82) is 0 Å². The fraction of sp³-hybridized carbons (Fsp3) is 0.227. The Kier molecular flexibility index (Phi) is 4.19. The van der Waals surface area contributed by atoms with Crippen LogP contribution in [0.4, 0.5) is 8.78 Å². The highest BCUT2D eigenvalue weighted by Gasteiger charge is 2.45. The minimum absolute atomic E-state index is 0.112. The van der Waals surface area contributed by atoms with Crippen LogP contribution in [0.15, 0.2) is 60.7 Å². The number of halogens is 2. The second kappa shape index (κ2) is 6.52. The average molecular weight is 351 g/mol. The molecule has 3 atom stereocenters. The molecule has 0 aliphatic heterocycles. The van der Waals surface area contributed by atoms with Gasteiger partial charge in [-0.2, -0.15) is 0 Å². The highest BCUT2D eigenvalue weighted by Crippen LogP contribution is 2.48. The summed E-state index contributed by atoms with van der Waals surface area (Å²) in [5.74, 6) is -1.57. The maximum atomic E-state index is 13.9. The predicted octanol–water partition coefficient (Wildman–Crippen LogP) is 5.10. The van der Waals surface area contributed by atoms with E-state index in [1.165, 1.54) is 6.07 Å². The number of fused-ring (bicyclic) bond motifs is 1. The van der Waals surface area contributed by atoms with Crippen LogP contribution >= 0.6 is 0 Å². The molecule has 1 saturated carbocycles. The van der Waals surface area contributed by atoms with Gasteiger partial charge in [-0.3, -0.25) is 4.79 Å². The molecule has 0 aromatic heterocycles. The summed E-state index contributed by atoms with van der Waals surface area (Å²) in [5.41, 5.74) is 1.31. The topological polar surface area (TPSA) is 29.1 Å². The first-order valence-corrected chi connectivity index (χ1v) is 8.77. The summed E-state index contributed by atoms with van der Waals surface area (Å²) in [6, 6.07) is 17.4. The number of rotatable bonds is 4. The van der Waals surface area contributed by atoms with Crippen molar-refractivity contribution < 1.29 is 13.6 Å². The zero-order valence-electron chi connectivity index (χ0n) is 14.4. The van der Waals surface area contributed by atoms with Gasteiger partial charge in [0, 0.05) is 5.92 Å². The molecule has 0 radical (unpaired) electrons. The predicted molar refractivity (Wildman–Crippen MR) is 97.7 cm³/mol. The van der Waals surface area contributed by atoms with Crippen LogP contribution in [0, 0.1) is 17.6 Å². The molecule has 4 heteroatoms. The van der Waals surface area contributed by atoms with Crippen molar-refractivity contribution in [3.8, 4) is 0 Å². The smallest absolute Gasteiger partial charge is 0.224 e. The number of hydrogen-bond donors (Lipinski definition) is 1. The van der Waals surface area contributed by atoms with E-state index in [0.717, 1.165) is 28.5 Å². The van der Waals surface area contributed by atoms with E-state index in [1.807, 2.05) is 43.3 Å². The summed E-state index contributed by atoms with van der Waals surface area (Å²) in [5, 5.41) is 5.28. The van der Waals surface area contributed by atoms with E-state index >= 15 is 0 Å². The number of nitrogens with one attached hydrogen (secondary N) is 1. The molecular weight excluding hydrogens is 332 g/mol. The van der Waals surface area contributed by atoms with Gasteiger partial charge in [-0.15, -0.1) is 0 Å². The molecule has 3 unspecified atom stereocenters. The second-order valence-corrected chi connectivity index (χ2v) is 6.95. The number of hydrogen-bond acceptors (Lipinski definition) is 1. The number of carbonyl (C=O) groups is 1. The lowest BCUT2D eigenvalue weighted by Gasteiger charge is -2.15. The van der Waals surface area contributed by atoms with E-state index in [1.54, 1.807) is 0 Å². The summed E-state index contributed by atoms with van der Waals surface area (Å²) in [6.07, 6.45) is 0.552. The summed E-state index contributed by atoms with van der Waals surface area (Å²) in [7, 11) is 0. The van der Waals surface area contributed by atoms with Gasteiger partial charge in [-0.1, -0.05) is 36.4 Å². The lowest BCUT2D eigenvalue weighted by molar-refractivity contribution is -0.123. The van der Waals surface area contributed by atoms with Gasteiger partial charge < -0.3 is 5.32 Å². The van der Waals surface area contributed by atoms with Crippen molar-refractivity contribution in [1.82, 2.24) is 5.32 Å². The van der Waals surface area contributed by atoms with Crippen molar-refractivity contribution in [2.45, 2.75) is 25.3 Å². The Balaban J connectivity index is 1.45. The van der Waals surface area contributed by atoms with Crippen molar-refractivity contribution >= 4 is 16.7 Å². The zero-order chi connectivity index (χ0) is 18.3. The normalized spacial score (nSPS) is 20.0. The van der Waals surface area contributed by atoms with Crippen LogP contribution in [-0.2, 0) is 4.79 Å². The van der Waals surface area contributed by atoms with Crippen molar-refractivity contribution in [3.63, 3.8) is 0 Å². The van der Waals surface area contributed by atoms with E-state index < -0.39 is 11.6 Å². The van der Waals surface area contributed by atoms with Gasteiger partial charge in [0.2, 0.25) is 5.91 Å². The molecule has 3 aromatic rings. The lowest BCUT2D eigenvalue weighted by Crippen LogP contribution is -2.28. The van der Waals surface area contributed by atoms with Crippen molar-refractivity contribution in [3.05, 3.63) is 83.4 Å². The molecule has 26 heavy (non-hydrogen) atoms. The Labute approximate surface area is 150 Å². The van der Waals surface area contributed by atoms with Crippen molar-refractivity contribution in [2.75, 3.05) is 0 Å². The molecule has 2 nitrogen and oxygen atoms in total. The molecule has 0 spiro atoms. The third-order valence-corrected chi connectivity index (χ3v) is 5.12. The third kappa shape index (κ3) is 3.19. The molecule has 1 fully saturated rings. The van der Waals surface area contributed by atoms with Crippen molar-refractivity contribution in [2.24, 2.45) is 5.92 Å². The van der Waals surface area contributed by atoms with E-state index in [9.17, 15) is 13.6 Å². The fourth-order valence-corrected chi connectivity index (χ4v) is 3.51. The van der Waals surface area contributed by atoms with Gasteiger partial charge in [0.15, 0.2) is 0 Å². The highest BCUT2D eigenvalue weighted by molar-refractivity contribution is 5.85. The highest BCUT2D eigenvalue weighted by atomic mass is 19.1. The minimum Gasteiger partial charge on any atom is -0.349 e. The molecule has 132 valence electrons. The van der Waals surface area contributed by atoms with Crippen LogP contribution in [-0.4, -0.2) is 5.91 Å². The van der Waals surface area contributed by atoms with Crippen LogP contribution in [0.3, 0.4) is 0 Å². The number of benzene rings is 3. The monoisotopic (exact) mass is 351 g/mol. The molecular formula is C22H19F2NO. The quantitative estimate of drug-likeness (QED) is 0.696. The van der Waals surface area contributed by atoms with Crippen LogP contribution in [0.5, 0.6) is 0 Å². The molecule has 0 saturated heterocycles. The Morgan fingerprint density at radius 3 is 2.62 bits per heavy atom. The first-order valence-electron chi connectivity index (χ1n) is 8.77. The van der Waals surface area contributed by atoms with E-state index in [4.69, 9.17) is 0 Å². The summed E-state index contributed by atoms with van der Waals surface area (Å²) in [6.45, 7) is 1.93. The van der Waals surface area contributed by atoms with E-state index in [0.29, 0.717) is 12.0 Å². The molecule has 3 aromatic carbocycles. The minimum atomic E-state index is -0.475. The number of amides is 1. The van der Waals surface area contributed by atoms with Gasteiger partial charge in [0.05, 0.1) is 6.04 Å². The zero-order valence-corrected chi connectivity index (χ0v) is 14.4. The van der Waals surface area contributed by atoms with Crippen LogP contribution in [0.1, 0.15) is 36.4 Å². The van der Waals surface area contributed by atoms with Crippen LogP contribution in [0.25, 0.3) is 10.8 Å². The van der Waals surface area contributed by atoms with Crippen LogP contribution < -0.4 is 5.32 Å². The number of carbonyl (C=O) groups excluding carboxylic acids is 1. The van der Waals surface area contributed by atoms with Gasteiger partial charge in [0.25, 0.3) is 0 Å². The Bertz CT molecular complexity index is 985. The molecule has 0 heterocycles. The maximum absolute atomic E-state index is 13.9. The first kappa shape index (κ1) is 16.7. The maximum Gasteiger partial charge on any atom is 0.224 e. The second-order valence-electron chi connectivity index (χ2n) is 6.95. The molecule has 4 rings (SSSR count). The summed E-state index contributed by atoms with van der Waals surface area (Å²) >= 11 is 0. The Morgan fingerprint density at radius 2 is 1.81 bits per heavy atom. The standard InChI is InChI=1S/C22H19F2NO/c1-13(15-7-6-14-4-2-3-5-16(14)10-15)25-22(26)20-12-18(20)19-11-17(23)8-9-21(19)24/h2-11,13,18,20H,12H2,1H3,(H,25,26). The van der Waals surface area contributed by atoms with Gasteiger partial charge >= 0.3 is 0 Å².